The molecule has 1 unspecified atom stereocenters. The highest BCUT2D eigenvalue weighted by Crippen LogP contribution is 2.27. The Morgan fingerprint density at radius 3 is 2.69 bits per heavy atom. The number of halogens is 1. The van der Waals surface area contributed by atoms with Crippen molar-refractivity contribution >= 4 is 5.78 Å². The van der Waals surface area contributed by atoms with Crippen molar-refractivity contribution in [3.63, 3.8) is 0 Å². The van der Waals surface area contributed by atoms with Crippen LogP contribution in [0.1, 0.15) is 25.3 Å². The van der Waals surface area contributed by atoms with Gasteiger partial charge in [0.15, 0.2) is 5.78 Å². The van der Waals surface area contributed by atoms with Crippen LogP contribution in [0, 0.1) is 5.82 Å². The van der Waals surface area contributed by atoms with Crippen molar-refractivity contribution in [2.75, 3.05) is 6.61 Å². The van der Waals surface area contributed by atoms with E-state index in [0.717, 1.165) is 18.4 Å². The van der Waals surface area contributed by atoms with Crippen LogP contribution in [0.15, 0.2) is 24.3 Å². The Bertz CT molecular complexity index is 377. The second-order valence-corrected chi connectivity index (χ2v) is 4.41. The Balaban J connectivity index is 2.04. The molecule has 0 N–H and O–H groups in total. The normalized spacial score (nSPS) is 24.6. The van der Waals surface area contributed by atoms with Gasteiger partial charge in [0.1, 0.15) is 11.4 Å². The highest BCUT2D eigenvalue weighted by Gasteiger charge is 2.36. The van der Waals surface area contributed by atoms with E-state index >= 15 is 0 Å². The Morgan fingerprint density at radius 2 is 2.12 bits per heavy atom. The SMILES string of the molecule is CC1(C(=O)Cc2ccc(F)cc2)CCCO1. The number of carbonyl (C=O) groups is 1. The highest BCUT2D eigenvalue weighted by atomic mass is 19.1. The Hall–Kier alpha value is -1.22. The van der Waals surface area contributed by atoms with Crippen LogP contribution in [0.2, 0.25) is 0 Å². The van der Waals surface area contributed by atoms with Gasteiger partial charge in [-0.25, -0.2) is 4.39 Å². The van der Waals surface area contributed by atoms with Gasteiger partial charge in [-0.2, -0.15) is 0 Å². The summed E-state index contributed by atoms with van der Waals surface area (Å²) in [6.45, 7) is 2.50. The summed E-state index contributed by atoms with van der Waals surface area (Å²) < 4.78 is 18.2. The van der Waals surface area contributed by atoms with E-state index in [0.29, 0.717) is 13.0 Å². The first-order valence-electron chi connectivity index (χ1n) is 5.52. The Kier molecular flexibility index (Phi) is 3.06. The van der Waals surface area contributed by atoms with Gasteiger partial charge in [-0.1, -0.05) is 12.1 Å². The van der Waals surface area contributed by atoms with Crippen LogP contribution < -0.4 is 0 Å². The minimum atomic E-state index is -0.631. The maximum atomic E-state index is 12.7. The van der Waals surface area contributed by atoms with E-state index in [1.54, 1.807) is 12.1 Å². The number of ketones is 1. The second-order valence-electron chi connectivity index (χ2n) is 4.41. The summed E-state index contributed by atoms with van der Waals surface area (Å²) in [5.41, 5.74) is 0.206. The number of Topliss-reactive ketones (excluding diaryl/α,β-unsaturated/α-hetero) is 1. The van der Waals surface area contributed by atoms with Crippen LogP contribution in [-0.4, -0.2) is 18.0 Å². The van der Waals surface area contributed by atoms with Crippen molar-refractivity contribution < 1.29 is 13.9 Å². The average Bonchev–Trinajstić information content (AvgIpc) is 2.70. The lowest BCUT2D eigenvalue weighted by atomic mass is 9.92. The van der Waals surface area contributed by atoms with Gasteiger partial charge in [-0.15, -0.1) is 0 Å². The summed E-state index contributed by atoms with van der Waals surface area (Å²) in [6.07, 6.45) is 2.04. The lowest BCUT2D eigenvalue weighted by Gasteiger charge is -2.21. The predicted molar refractivity (Wildman–Crippen MR) is 58.7 cm³/mol. The van der Waals surface area contributed by atoms with E-state index in [-0.39, 0.29) is 11.6 Å². The minimum Gasteiger partial charge on any atom is -0.367 e. The molecule has 1 saturated heterocycles. The standard InChI is InChI=1S/C13H15FO2/c1-13(7-2-8-16-13)12(15)9-10-3-5-11(14)6-4-10/h3-6H,2,7-9H2,1H3. The van der Waals surface area contributed by atoms with Crippen LogP contribution in [0.3, 0.4) is 0 Å². The van der Waals surface area contributed by atoms with E-state index in [4.69, 9.17) is 4.74 Å². The molecule has 86 valence electrons. The van der Waals surface area contributed by atoms with Gasteiger partial charge in [-0.05, 0) is 37.5 Å². The number of hydrogen-bond acceptors (Lipinski definition) is 2. The second kappa shape index (κ2) is 4.34. The molecule has 1 aliphatic heterocycles. The smallest absolute Gasteiger partial charge is 0.168 e. The van der Waals surface area contributed by atoms with Crippen LogP contribution >= 0.6 is 0 Å². The molecule has 0 aromatic heterocycles. The predicted octanol–water partition coefficient (Wildman–Crippen LogP) is 2.51. The van der Waals surface area contributed by atoms with Crippen LogP contribution in [0.4, 0.5) is 4.39 Å². The van der Waals surface area contributed by atoms with Crippen LogP contribution in [0.25, 0.3) is 0 Å². The quantitative estimate of drug-likeness (QED) is 0.785. The third-order valence-corrected chi connectivity index (χ3v) is 3.09. The maximum Gasteiger partial charge on any atom is 0.168 e. The van der Waals surface area contributed by atoms with Gasteiger partial charge < -0.3 is 4.74 Å². The summed E-state index contributed by atoms with van der Waals surface area (Å²) in [7, 11) is 0. The van der Waals surface area contributed by atoms with Crippen molar-refractivity contribution in [3.05, 3.63) is 35.6 Å². The first kappa shape index (κ1) is 11.3. The fourth-order valence-corrected chi connectivity index (χ4v) is 1.97. The van der Waals surface area contributed by atoms with E-state index < -0.39 is 5.60 Å². The molecular formula is C13H15FO2. The number of carbonyl (C=O) groups excluding carboxylic acids is 1. The van der Waals surface area contributed by atoms with Crippen LogP contribution in [-0.2, 0) is 16.0 Å². The van der Waals surface area contributed by atoms with E-state index in [9.17, 15) is 9.18 Å². The highest BCUT2D eigenvalue weighted by molar-refractivity contribution is 5.89. The minimum absolute atomic E-state index is 0.0802. The fourth-order valence-electron chi connectivity index (χ4n) is 1.97. The van der Waals surface area contributed by atoms with Crippen molar-refractivity contribution in [1.82, 2.24) is 0 Å². The van der Waals surface area contributed by atoms with Crippen molar-refractivity contribution in [1.29, 1.82) is 0 Å². The number of ether oxygens (including phenoxy) is 1. The van der Waals surface area contributed by atoms with Gasteiger partial charge in [0.2, 0.25) is 0 Å². The van der Waals surface area contributed by atoms with E-state index in [1.165, 1.54) is 12.1 Å². The monoisotopic (exact) mass is 222 g/mol. The molecule has 3 heteroatoms. The van der Waals surface area contributed by atoms with Crippen LogP contribution in [0.5, 0.6) is 0 Å². The van der Waals surface area contributed by atoms with Crippen molar-refractivity contribution in [2.24, 2.45) is 0 Å². The third kappa shape index (κ3) is 2.30. The summed E-state index contributed by atoms with van der Waals surface area (Å²) in [5.74, 6) is -0.198. The Labute approximate surface area is 94.4 Å². The van der Waals surface area contributed by atoms with Gasteiger partial charge in [0, 0.05) is 13.0 Å². The molecule has 1 aromatic carbocycles. The molecule has 2 rings (SSSR count). The molecule has 2 nitrogen and oxygen atoms in total. The maximum absolute atomic E-state index is 12.7. The molecule has 0 bridgehead atoms. The van der Waals surface area contributed by atoms with Gasteiger partial charge >= 0.3 is 0 Å². The lowest BCUT2D eigenvalue weighted by Crippen LogP contribution is -2.35. The first-order chi connectivity index (χ1) is 7.60. The molecule has 1 fully saturated rings. The molecule has 1 atom stereocenters. The number of hydrogen-bond donors (Lipinski definition) is 0. The first-order valence-corrected chi connectivity index (χ1v) is 5.52. The lowest BCUT2D eigenvalue weighted by molar-refractivity contribution is -0.136. The summed E-state index contributed by atoms with van der Waals surface area (Å²) in [5, 5.41) is 0. The molecule has 0 aliphatic carbocycles. The van der Waals surface area contributed by atoms with Crippen molar-refractivity contribution in [2.45, 2.75) is 31.8 Å². The molecule has 0 radical (unpaired) electrons. The van der Waals surface area contributed by atoms with E-state index in [2.05, 4.69) is 0 Å². The third-order valence-electron chi connectivity index (χ3n) is 3.09. The fraction of sp³-hybridized carbons (Fsp3) is 0.462. The van der Waals surface area contributed by atoms with Gasteiger partial charge in [0.25, 0.3) is 0 Å². The number of benzene rings is 1. The molecule has 1 heterocycles. The van der Waals surface area contributed by atoms with Crippen molar-refractivity contribution in [3.8, 4) is 0 Å². The van der Waals surface area contributed by atoms with Gasteiger partial charge in [-0.3, -0.25) is 4.79 Å². The molecule has 1 aliphatic rings. The molecule has 1 aromatic rings. The largest absolute Gasteiger partial charge is 0.367 e. The topological polar surface area (TPSA) is 26.3 Å². The zero-order valence-electron chi connectivity index (χ0n) is 9.33. The molecular weight excluding hydrogens is 207 g/mol. The Morgan fingerprint density at radius 1 is 1.44 bits per heavy atom. The molecule has 0 saturated carbocycles. The molecule has 0 spiro atoms. The molecule has 16 heavy (non-hydrogen) atoms. The number of rotatable bonds is 3. The molecule has 0 amide bonds. The summed E-state index contributed by atoms with van der Waals surface area (Å²) >= 11 is 0. The summed E-state index contributed by atoms with van der Waals surface area (Å²) in [6, 6.07) is 6.04. The zero-order valence-corrected chi connectivity index (χ0v) is 9.33. The van der Waals surface area contributed by atoms with E-state index in [1.807, 2.05) is 6.92 Å². The zero-order chi connectivity index (χ0) is 11.6. The summed E-state index contributed by atoms with van der Waals surface area (Å²) in [4.78, 5) is 12.0. The average molecular weight is 222 g/mol. The van der Waals surface area contributed by atoms with Gasteiger partial charge in [0.05, 0.1) is 0 Å².